The van der Waals surface area contributed by atoms with Gasteiger partial charge in [0.15, 0.2) is 0 Å². The van der Waals surface area contributed by atoms with Gasteiger partial charge in [0.1, 0.15) is 0 Å². The third kappa shape index (κ3) is 3.03. The molecule has 1 aromatic carbocycles. The molecular formula is C18H19ClN2O2S. The second-order valence-corrected chi connectivity index (χ2v) is 8.08. The quantitative estimate of drug-likeness (QED) is 0.903. The largest absolute Gasteiger partial charge is 0.351 e. The summed E-state index contributed by atoms with van der Waals surface area (Å²) in [6.45, 7) is 1.01. The van der Waals surface area contributed by atoms with Crippen molar-refractivity contribution in [2.75, 3.05) is 6.54 Å². The highest BCUT2D eigenvalue weighted by Crippen LogP contribution is 2.35. The number of halogens is 1. The van der Waals surface area contributed by atoms with Gasteiger partial charge in [0.05, 0.1) is 17.5 Å². The number of piperidine rings is 1. The second kappa shape index (κ2) is 6.37. The van der Waals surface area contributed by atoms with Gasteiger partial charge in [-0.2, -0.15) is 0 Å². The van der Waals surface area contributed by atoms with E-state index in [-0.39, 0.29) is 17.7 Å². The van der Waals surface area contributed by atoms with Crippen LogP contribution in [0.5, 0.6) is 0 Å². The maximum Gasteiger partial charge on any atom is 0.225 e. The summed E-state index contributed by atoms with van der Waals surface area (Å²) in [6.07, 6.45) is 3.29. The number of rotatable bonds is 4. The SMILES string of the molecule is O=C(NCc1sc2ccccc2c1Cl)[C@@H]1CCC(=O)N(C2CC2)C1. The maximum absolute atomic E-state index is 12.5. The third-order valence-corrected chi connectivity index (χ3v) is 6.54. The van der Waals surface area contributed by atoms with Crippen LogP contribution in [-0.2, 0) is 16.1 Å². The molecule has 2 fully saturated rings. The van der Waals surface area contributed by atoms with Gasteiger partial charge in [-0.15, -0.1) is 11.3 Å². The molecule has 6 heteroatoms. The highest BCUT2D eigenvalue weighted by Gasteiger charge is 2.38. The number of nitrogens with zero attached hydrogens (tertiary/aromatic N) is 1. The van der Waals surface area contributed by atoms with Crippen molar-refractivity contribution in [2.45, 2.75) is 38.3 Å². The summed E-state index contributed by atoms with van der Waals surface area (Å²) in [5, 5.41) is 4.78. The van der Waals surface area contributed by atoms with Crippen molar-refractivity contribution in [3.8, 4) is 0 Å². The Morgan fingerprint density at radius 1 is 1.29 bits per heavy atom. The van der Waals surface area contributed by atoms with Crippen molar-refractivity contribution >= 4 is 44.8 Å². The fourth-order valence-corrected chi connectivity index (χ4v) is 4.75. The predicted octanol–water partition coefficient (Wildman–Crippen LogP) is 3.57. The Kier molecular flexibility index (Phi) is 4.22. The normalized spacial score (nSPS) is 21.3. The summed E-state index contributed by atoms with van der Waals surface area (Å²) < 4.78 is 1.13. The van der Waals surface area contributed by atoms with Crippen molar-refractivity contribution < 1.29 is 9.59 Å². The van der Waals surface area contributed by atoms with E-state index in [1.165, 1.54) is 0 Å². The predicted molar refractivity (Wildman–Crippen MR) is 96.1 cm³/mol. The van der Waals surface area contributed by atoms with Crippen LogP contribution in [0.15, 0.2) is 24.3 Å². The molecular weight excluding hydrogens is 344 g/mol. The van der Waals surface area contributed by atoms with Gasteiger partial charge < -0.3 is 10.2 Å². The molecule has 1 atom stereocenters. The molecule has 1 aromatic heterocycles. The van der Waals surface area contributed by atoms with Crippen molar-refractivity contribution in [1.82, 2.24) is 10.2 Å². The van der Waals surface area contributed by atoms with Crippen molar-refractivity contribution in [3.05, 3.63) is 34.2 Å². The van der Waals surface area contributed by atoms with Gasteiger partial charge in [-0.3, -0.25) is 9.59 Å². The molecule has 2 aliphatic rings. The summed E-state index contributed by atoms with van der Waals surface area (Å²) in [6, 6.07) is 8.37. The lowest BCUT2D eigenvalue weighted by atomic mass is 9.96. The molecule has 4 rings (SSSR count). The van der Waals surface area contributed by atoms with Crippen LogP contribution >= 0.6 is 22.9 Å². The molecule has 0 bridgehead atoms. The first-order valence-electron chi connectivity index (χ1n) is 8.36. The molecule has 0 unspecified atom stereocenters. The third-order valence-electron chi connectivity index (χ3n) is 4.83. The van der Waals surface area contributed by atoms with E-state index in [0.717, 1.165) is 32.8 Å². The molecule has 0 spiro atoms. The van der Waals surface area contributed by atoms with E-state index in [1.54, 1.807) is 11.3 Å². The Hall–Kier alpha value is -1.59. The second-order valence-electron chi connectivity index (χ2n) is 6.57. The highest BCUT2D eigenvalue weighted by atomic mass is 35.5. The number of benzene rings is 1. The number of carbonyl (C=O) groups excluding carboxylic acids is 2. The fourth-order valence-electron chi connectivity index (χ4n) is 3.31. The average molecular weight is 363 g/mol. The zero-order chi connectivity index (χ0) is 16.7. The Bertz CT molecular complexity index is 799. The van der Waals surface area contributed by atoms with Crippen LogP contribution < -0.4 is 5.32 Å². The van der Waals surface area contributed by atoms with Crippen LogP contribution in [0.1, 0.15) is 30.6 Å². The van der Waals surface area contributed by atoms with Gasteiger partial charge in [0, 0.05) is 34.0 Å². The molecule has 126 valence electrons. The van der Waals surface area contributed by atoms with E-state index in [2.05, 4.69) is 5.32 Å². The molecule has 24 heavy (non-hydrogen) atoms. The molecule has 1 N–H and O–H groups in total. The van der Waals surface area contributed by atoms with Gasteiger partial charge in [-0.1, -0.05) is 29.8 Å². The number of hydrogen-bond acceptors (Lipinski definition) is 3. The first kappa shape index (κ1) is 15.9. The van der Waals surface area contributed by atoms with E-state index >= 15 is 0 Å². The molecule has 1 saturated heterocycles. The molecule has 2 aromatic rings. The summed E-state index contributed by atoms with van der Waals surface area (Å²) >= 11 is 8.04. The molecule has 0 radical (unpaired) electrons. The first-order valence-corrected chi connectivity index (χ1v) is 9.56. The standard InChI is InChI=1S/C18H19ClN2O2S/c19-17-13-3-1-2-4-14(13)24-15(17)9-20-18(23)11-5-8-16(22)21(10-11)12-6-7-12/h1-4,11-12H,5-10H2,(H,20,23)/t11-/m1/s1. The topological polar surface area (TPSA) is 49.4 Å². The minimum absolute atomic E-state index is 0.0293. The van der Waals surface area contributed by atoms with Crippen LogP contribution in [0.3, 0.4) is 0 Å². The lowest BCUT2D eigenvalue weighted by Crippen LogP contribution is -2.46. The van der Waals surface area contributed by atoms with E-state index < -0.39 is 0 Å². The van der Waals surface area contributed by atoms with E-state index in [9.17, 15) is 9.59 Å². The minimum atomic E-state index is -0.101. The average Bonchev–Trinajstić information content (AvgIpc) is 3.38. The first-order chi connectivity index (χ1) is 11.6. The molecule has 2 amide bonds. The van der Waals surface area contributed by atoms with E-state index in [1.807, 2.05) is 29.2 Å². The number of hydrogen-bond donors (Lipinski definition) is 1. The Morgan fingerprint density at radius 2 is 2.08 bits per heavy atom. The number of likely N-dealkylation sites (tertiary alicyclic amines) is 1. The van der Waals surface area contributed by atoms with E-state index in [4.69, 9.17) is 11.6 Å². The molecule has 4 nitrogen and oxygen atoms in total. The maximum atomic E-state index is 12.5. The van der Waals surface area contributed by atoms with Crippen LogP contribution in [0.4, 0.5) is 0 Å². The number of nitrogens with one attached hydrogen (secondary N) is 1. The molecule has 1 aliphatic heterocycles. The number of carbonyl (C=O) groups is 2. The summed E-state index contributed by atoms with van der Waals surface area (Å²) in [4.78, 5) is 27.3. The van der Waals surface area contributed by atoms with Crippen molar-refractivity contribution in [1.29, 1.82) is 0 Å². The van der Waals surface area contributed by atoms with Crippen LogP contribution in [0, 0.1) is 5.92 Å². The summed E-state index contributed by atoms with van der Waals surface area (Å²) in [7, 11) is 0. The lowest BCUT2D eigenvalue weighted by Gasteiger charge is -2.32. The lowest BCUT2D eigenvalue weighted by molar-refractivity contribution is -0.138. The highest BCUT2D eigenvalue weighted by molar-refractivity contribution is 7.19. The number of amides is 2. The zero-order valence-corrected chi connectivity index (χ0v) is 14.8. The Balaban J connectivity index is 1.40. The van der Waals surface area contributed by atoms with Crippen molar-refractivity contribution in [3.63, 3.8) is 0 Å². The monoisotopic (exact) mass is 362 g/mol. The van der Waals surface area contributed by atoms with Crippen molar-refractivity contribution in [2.24, 2.45) is 5.92 Å². The zero-order valence-electron chi connectivity index (χ0n) is 13.3. The van der Waals surface area contributed by atoms with Gasteiger partial charge in [0.2, 0.25) is 11.8 Å². The van der Waals surface area contributed by atoms with Gasteiger partial charge >= 0.3 is 0 Å². The summed E-state index contributed by atoms with van der Waals surface area (Å²) in [5.41, 5.74) is 0. The van der Waals surface area contributed by atoms with Gasteiger partial charge in [-0.05, 0) is 25.3 Å². The van der Waals surface area contributed by atoms with Crippen LogP contribution in [0.25, 0.3) is 10.1 Å². The number of thiophene rings is 1. The smallest absolute Gasteiger partial charge is 0.225 e. The Morgan fingerprint density at radius 3 is 2.83 bits per heavy atom. The van der Waals surface area contributed by atoms with E-state index in [0.29, 0.717) is 32.0 Å². The molecule has 2 heterocycles. The van der Waals surface area contributed by atoms with Crippen LogP contribution in [-0.4, -0.2) is 29.3 Å². The van der Waals surface area contributed by atoms with Crippen LogP contribution in [0.2, 0.25) is 5.02 Å². The summed E-state index contributed by atoms with van der Waals surface area (Å²) in [5.74, 6) is 0.132. The fraction of sp³-hybridized carbons (Fsp3) is 0.444. The Labute approximate surface area is 149 Å². The van der Waals surface area contributed by atoms with Gasteiger partial charge in [0.25, 0.3) is 0 Å². The molecule has 1 aliphatic carbocycles. The minimum Gasteiger partial charge on any atom is -0.351 e. The molecule has 1 saturated carbocycles. The van der Waals surface area contributed by atoms with Gasteiger partial charge in [-0.25, -0.2) is 0 Å². The number of fused-ring (bicyclic) bond motifs is 1.